The second kappa shape index (κ2) is 6.55. The molecule has 0 aliphatic carbocycles. The first kappa shape index (κ1) is 14.7. The first-order chi connectivity index (χ1) is 8.93. The second-order valence-electron chi connectivity index (χ2n) is 4.60. The van der Waals surface area contributed by atoms with Crippen molar-refractivity contribution in [3.8, 4) is 6.07 Å². The van der Waals surface area contributed by atoms with E-state index in [1.807, 2.05) is 19.9 Å². The van der Waals surface area contributed by atoms with Crippen LogP contribution >= 0.6 is 0 Å². The van der Waals surface area contributed by atoms with Crippen molar-refractivity contribution in [3.05, 3.63) is 24.3 Å². The molecular weight excluding hydrogens is 242 g/mol. The van der Waals surface area contributed by atoms with Gasteiger partial charge in [0, 0.05) is 18.3 Å². The van der Waals surface area contributed by atoms with Gasteiger partial charge in [-0.25, -0.2) is 0 Å². The Bertz CT molecular complexity index is 500. The van der Waals surface area contributed by atoms with Crippen LogP contribution in [0.2, 0.25) is 0 Å². The third-order valence-corrected chi connectivity index (χ3v) is 2.56. The fraction of sp³-hybridized carbons (Fsp3) is 0.357. The molecule has 2 amide bonds. The maximum Gasteiger partial charge on any atom is 0.241 e. The first-order valence-corrected chi connectivity index (χ1v) is 6.02. The fourth-order valence-corrected chi connectivity index (χ4v) is 1.57. The van der Waals surface area contributed by atoms with Crippen LogP contribution in [0.15, 0.2) is 24.3 Å². The Morgan fingerprint density at radius 3 is 1.95 bits per heavy atom. The number of nitrogens with zero attached hydrogens (tertiary/aromatic N) is 1. The molecular formula is C14H17N3O2. The van der Waals surface area contributed by atoms with E-state index in [-0.39, 0.29) is 17.7 Å². The molecule has 1 rings (SSSR count). The number of rotatable bonds is 4. The van der Waals surface area contributed by atoms with Crippen molar-refractivity contribution < 1.29 is 9.59 Å². The summed E-state index contributed by atoms with van der Waals surface area (Å²) in [7, 11) is 0. The quantitative estimate of drug-likeness (QED) is 0.870. The van der Waals surface area contributed by atoms with Gasteiger partial charge in [-0.3, -0.25) is 9.59 Å². The largest absolute Gasteiger partial charge is 0.326 e. The van der Waals surface area contributed by atoms with Gasteiger partial charge in [0.2, 0.25) is 11.8 Å². The van der Waals surface area contributed by atoms with E-state index in [0.29, 0.717) is 11.4 Å². The van der Waals surface area contributed by atoms with Gasteiger partial charge in [0.15, 0.2) is 0 Å². The molecule has 1 unspecified atom stereocenters. The lowest BCUT2D eigenvalue weighted by atomic mass is 9.96. The summed E-state index contributed by atoms with van der Waals surface area (Å²) in [6, 6.07) is 8.72. The molecule has 0 aromatic heterocycles. The number of carbonyl (C=O) groups is 2. The molecule has 5 heteroatoms. The van der Waals surface area contributed by atoms with Gasteiger partial charge in [-0.15, -0.1) is 0 Å². The average Bonchev–Trinajstić information content (AvgIpc) is 2.31. The van der Waals surface area contributed by atoms with Gasteiger partial charge in [-0.05, 0) is 30.2 Å². The standard InChI is InChI=1S/C14H17N3O2/c1-9(2)13(8-15)14(19)17-12-6-4-11(5-7-12)16-10(3)18/h4-7,9,13H,1-3H3,(H,16,18)(H,17,19). The molecule has 5 nitrogen and oxygen atoms in total. The first-order valence-electron chi connectivity index (χ1n) is 6.02. The third-order valence-electron chi connectivity index (χ3n) is 2.56. The Morgan fingerprint density at radius 2 is 1.58 bits per heavy atom. The molecule has 0 saturated carbocycles. The summed E-state index contributed by atoms with van der Waals surface area (Å²) in [5.41, 5.74) is 1.26. The van der Waals surface area contributed by atoms with E-state index >= 15 is 0 Å². The van der Waals surface area contributed by atoms with Crippen LogP contribution in [0, 0.1) is 23.2 Å². The van der Waals surface area contributed by atoms with Gasteiger partial charge in [0.25, 0.3) is 0 Å². The van der Waals surface area contributed by atoms with Crippen molar-refractivity contribution in [2.75, 3.05) is 10.6 Å². The zero-order valence-electron chi connectivity index (χ0n) is 11.2. The van der Waals surface area contributed by atoms with E-state index in [2.05, 4.69) is 10.6 Å². The van der Waals surface area contributed by atoms with Crippen LogP contribution in [-0.2, 0) is 9.59 Å². The zero-order chi connectivity index (χ0) is 14.4. The molecule has 1 aromatic carbocycles. The summed E-state index contributed by atoms with van der Waals surface area (Å²) < 4.78 is 0. The Kier molecular flexibility index (Phi) is 5.07. The smallest absolute Gasteiger partial charge is 0.241 e. The Balaban J connectivity index is 2.70. The van der Waals surface area contributed by atoms with Crippen LogP contribution in [-0.4, -0.2) is 11.8 Å². The maximum absolute atomic E-state index is 11.8. The Morgan fingerprint density at radius 1 is 1.11 bits per heavy atom. The second-order valence-corrected chi connectivity index (χ2v) is 4.60. The van der Waals surface area contributed by atoms with E-state index < -0.39 is 5.92 Å². The molecule has 0 aliphatic rings. The maximum atomic E-state index is 11.8. The fourth-order valence-electron chi connectivity index (χ4n) is 1.57. The zero-order valence-corrected chi connectivity index (χ0v) is 11.2. The minimum absolute atomic E-state index is 0.0383. The van der Waals surface area contributed by atoms with E-state index in [4.69, 9.17) is 5.26 Å². The summed E-state index contributed by atoms with van der Waals surface area (Å²) in [5.74, 6) is -1.18. The SMILES string of the molecule is CC(=O)Nc1ccc(NC(=O)C(C#N)C(C)C)cc1. The highest BCUT2D eigenvalue weighted by atomic mass is 16.2. The van der Waals surface area contributed by atoms with Crippen molar-refractivity contribution in [2.45, 2.75) is 20.8 Å². The van der Waals surface area contributed by atoms with Crippen LogP contribution < -0.4 is 10.6 Å². The van der Waals surface area contributed by atoms with Crippen molar-refractivity contribution in [1.82, 2.24) is 0 Å². The van der Waals surface area contributed by atoms with Gasteiger partial charge < -0.3 is 10.6 Å². The number of nitrogens with one attached hydrogen (secondary N) is 2. The number of carbonyl (C=O) groups excluding carboxylic acids is 2. The van der Waals surface area contributed by atoms with Gasteiger partial charge in [-0.1, -0.05) is 13.8 Å². The average molecular weight is 259 g/mol. The van der Waals surface area contributed by atoms with Crippen molar-refractivity contribution in [3.63, 3.8) is 0 Å². The van der Waals surface area contributed by atoms with Gasteiger partial charge in [-0.2, -0.15) is 5.26 Å². The highest BCUT2D eigenvalue weighted by molar-refractivity contribution is 5.95. The van der Waals surface area contributed by atoms with Crippen LogP contribution in [0.5, 0.6) is 0 Å². The summed E-state index contributed by atoms with van der Waals surface area (Å²) >= 11 is 0. The van der Waals surface area contributed by atoms with E-state index in [0.717, 1.165) is 0 Å². The topological polar surface area (TPSA) is 82.0 Å². The summed E-state index contributed by atoms with van der Waals surface area (Å²) in [5, 5.41) is 14.2. The summed E-state index contributed by atoms with van der Waals surface area (Å²) in [6.45, 7) is 5.08. The van der Waals surface area contributed by atoms with Crippen molar-refractivity contribution in [2.24, 2.45) is 11.8 Å². The highest BCUT2D eigenvalue weighted by Gasteiger charge is 2.21. The van der Waals surface area contributed by atoms with Crippen LogP contribution in [0.4, 0.5) is 11.4 Å². The normalized spacial score (nSPS) is 11.5. The Hall–Kier alpha value is -2.35. The van der Waals surface area contributed by atoms with Crippen LogP contribution in [0.3, 0.4) is 0 Å². The van der Waals surface area contributed by atoms with Gasteiger partial charge in [0.1, 0.15) is 5.92 Å². The van der Waals surface area contributed by atoms with E-state index in [1.54, 1.807) is 24.3 Å². The van der Waals surface area contributed by atoms with Gasteiger partial charge >= 0.3 is 0 Å². The lowest BCUT2D eigenvalue weighted by Gasteiger charge is -2.13. The minimum atomic E-state index is -0.671. The van der Waals surface area contributed by atoms with E-state index in [1.165, 1.54) is 6.92 Å². The molecule has 0 fully saturated rings. The number of anilines is 2. The molecule has 0 bridgehead atoms. The number of benzene rings is 1. The van der Waals surface area contributed by atoms with Crippen molar-refractivity contribution in [1.29, 1.82) is 5.26 Å². The predicted octanol–water partition coefficient (Wildman–Crippen LogP) is 2.38. The number of hydrogen-bond donors (Lipinski definition) is 2. The Labute approximate surface area is 112 Å². The van der Waals surface area contributed by atoms with Gasteiger partial charge in [0.05, 0.1) is 6.07 Å². The summed E-state index contributed by atoms with van der Waals surface area (Å²) in [6.07, 6.45) is 0. The molecule has 2 N–H and O–H groups in total. The molecule has 0 saturated heterocycles. The monoisotopic (exact) mass is 259 g/mol. The number of amides is 2. The molecule has 0 spiro atoms. The molecule has 0 aliphatic heterocycles. The molecule has 0 heterocycles. The molecule has 1 atom stereocenters. The molecule has 100 valence electrons. The third kappa shape index (κ3) is 4.43. The van der Waals surface area contributed by atoms with Crippen LogP contribution in [0.25, 0.3) is 0 Å². The number of hydrogen-bond acceptors (Lipinski definition) is 3. The molecule has 1 aromatic rings. The van der Waals surface area contributed by atoms with Crippen LogP contribution in [0.1, 0.15) is 20.8 Å². The highest BCUT2D eigenvalue weighted by Crippen LogP contribution is 2.16. The minimum Gasteiger partial charge on any atom is -0.326 e. The summed E-state index contributed by atoms with van der Waals surface area (Å²) in [4.78, 5) is 22.7. The molecule has 19 heavy (non-hydrogen) atoms. The predicted molar refractivity (Wildman–Crippen MR) is 73.3 cm³/mol. The number of nitriles is 1. The van der Waals surface area contributed by atoms with E-state index in [9.17, 15) is 9.59 Å². The lowest BCUT2D eigenvalue weighted by Crippen LogP contribution is -2.25. The molecule has 0 radical (unpaired) electrons. The lowest BCUT2D eigenvalue weighted by molar-refractivity contribution is -0.119. The van der Waals surface area contributed by atoms with Crippen molar-refractivity contribution >= 4 is 23.2 Å².